The number of carbonyl (C=O) groups excluding carboxylic acids is 1. The fourth-order valence-corrected chi connectivity index (χ4v) is 4.56. The van der Waals surface area contributed by atoms with Gasteiger partial charge in [-0.25, -0.2) is 4.98 Å². The first-order valence-electron chi connectivity index (χ1n) is 10.6. The Kier molecular flexibility index (Phi) is 6.43. The van der Waals surface area contributed by atoms with Crippen LogP contribution in [0.2, 0.25) is 0 Å². The Hall–Kier alpha value is -2.73. The highest BCUT2D eigenvalue weighted by Gasteiger charge is 2.27. The summed E-state index contributed by atoms with van der Waals surface area (Å²) in [4.78, 5) is 19.7. The van der Waals surface area contributed by atoms with Crippen LogP contribution in [0.3, 0.4) is 0 Å². The molecule has 1 amide bonds. The van der Waals surface area contributed by atoms with Crippen LogP contribution >= 0.6 is 11.5 Å². The fourth-order valence-electron chi connectivity index (χ4n) is 3.82. The van der Waals surface area contributed by atoms with Crippen molar-refractivity contribution in [3.63, 3.8) is 0 Å². The van der Waals surface area contributed by atoms with Gasteiger partial charge in [-0.3, -0.25) is 4.79 Å². The summed E-state index contributed by atoms with van der Waals surface area (Å²) in [5.74, 6) is 1.09. The van der Waals surface area contributed by atoms with E-state index in [1.54, 1.807) is 0 Å². The number of aromatic nitrogens is 2. The number of piperidine rings is 1. The summed E-state index contributed by atoms with van der Waals surface area (Å²) in [5, 5.41) is 4.14. The molecule has 1 N–H and O–H groups in total. The second kappa shape index (κ2) is 9.39. The third-order valence-corrected chi connectivity index (χ3v) is 6.55. The molecule has 1 fully saturated rings. The average Bonchev–Trinajstić information content (AvgIpc) is 3.24. The molecule has 3 aromatic rings. The Morgan fingerprint density at radius 2 is 1.83 bits per heavy atom. The number of anilines is 1. The summed E-state index contributed by atoms with van der Waals surface area (Å²) in [7, 11) is 0. The lowest BCUT2D eigenvalue weighted by Crippen LogP contribution is -2.41. The number of amides is 1. The maximum absolute atomic E-state index is 12.7. The van der Waals surface area contributed by atoms with Gasteiger partial charge < -0.3 is 10.2 Å². The highest BCUT2D eigenvalue weighted by molar-refractivity contribution is 7.09. The molecule has 0 saturated carbocycles. The standard InChI is InChI=1S/C24H28N4OS/c1-17-8-10-19(11-9-17)16-22-26-24(30-27-22)28-14-12-21(13-15-28)23(29)25-18(2)20-6-4-3-5-7-20/h3-11,18,21H,12-16H2,1-2H3,(H,25,29)/t18-/m0/s1. The van der Waals surface area contributed by atoms with Gasteiger partial charge in [0, 0.05) is 37.0 Å². The molecule has 0 bridgehead atoms. The molecule has 6 heteroatoms. The molecule has 1 aromatic heterocycles. The lowest BCUT2D eigenvalue weighted by atomic mass is 9.95. The van der Waals surface area contributed by atoms with Crippen LogP contribution in [-0.4, -0.2) is 28.4 Å². The summed E-state index contributed by atoms with van der Waals surface area (Å²) >= 11 is 1.46. The van der Waals surface area contributed by atoms with Crippen molar-refractivity contribution in [2.24, 2.45) is 5.92 Å². The molecule has 30 heavy (non-hydrogen) atoms. The molecule has 0 unspecified atom stereocenters. The Balaban J connectivity index is 1.28. The van der Waals surface area contributed by atoms with Gasteiger partial charge in [-0.05, 0) is 37.8 Å². The van der Waals surface area contributed by atoms with Crippen molar-refractivity contribution in [2.45, 2.75) is 39.2 Å². The molecule has 5 nitrogen and oxygen atoms in total. The van der Waals surface area contributed by atoms with Gasteiger partial charge in [0.05, 0.1) is 6.04 Å². The summed E-state index contributed by atoms with van der Waals surface area (Å²) in [6.07, 6.45) is 2.45. The van der Waals surface area contributed by atoms with E-state index in [0.29, 0.717) is 0 Å². The zero-order chi connectivity index (χ0) is 20.9. The maximum Gasteiger partial charge on any atom is 0.223 e. The highest BCUT2D eigenvalue weighted by Crippen LogP contribution is 2.26. The van der Waals surface area contributed by atoms with Crippen molar-refractivity contribution in [1.82, 2.24) is 14.7 Å². The van der Waals surface area contributed by atoms with E-state index in [1.165, 1.54) is 22.7 Å². The van der Waals surface area contributed by atoms with E-state index in [9.17, 15) is 4.79 Å². The minimum absolute atomic E-state index is 0.0317. The van der Waals surface area contributed by atoms with Gasteiger partial charge in [-0.15, -0.1) is 0 Å². The number of benzene rings is 2. The van der Waals surface area contributed by atoms with E-state index in [0.717, 1.165) is 48.9 Å². The Bertz CT molecular complexity index is 962. The minimum atomic E-state index is 0.0317. The van der Waals surface area contributed by atoms with Gasteiger partial charge >= 0.3 is 0 Å². The van der Waals surface area contributed by atoms with Gasteiger partial charge in [0.2, 0.25) is 11.0 Å². The number of aryl methyl sites for hydroxylation is 1. The second-order valence-electron chi connectivity index (χ2n) is 8.06. The number of carbonyl (C=O) groups is 1. The van der Waals surface area contributed by atoms with Crippen molar-refractivity contribution < 1.29 is 4.79 Å². The van der Waals surface area contributed by atoms with E-state index < -0.39 is 0 Å². The molecule has 1 atom stereocenters. The van der Waals surface area contributed by atoms with Gasteiger partial charge in [0.15, 0.2) is 0 Å². The maximum atomic E-state index is 12.7. The normalized spacial score (nSPS) is 15.7. The quantitative estimate of drug-likeness (QED) is 0.636. The van der Waals surface area contributed by atoms with Crippen LogP contribution in [0.25, 0.3) is 0 Å². The summed E-state index contributed by atoms with van der Waals surface area (Å²) in [6, 6.07) is 18.7. The Labute approximate surface area is 182 Å². The molecule has 4 rings (SSSR count). The van der Waals surface area contributed by atoms with E-state index in [-0.39, 0.29) is 17.9 Å². The molecule has 1 aliphatic rings. The van der Waals surface area contributed by atoms with Crippen molar-refractivity contribution >= 4 is 22.6 Å². The molecule has 2 aromatic carbocycles. The first kappa shape index (κ1) is 20.5. The predicted molar refractivity (Wildman–Crippen MR) is 122 cm³/mol. The van der Waals surface area contributed by atoms with Crippen molar-refractivity contribution in [3.05, 3.63) is 77.1 Å². The first-order chi connectivity index (χ1) is 14.6. The number of rotatable bonds is 6. The van der Waals surface area contributed by atoms with Crippen molar-refractivity contribution in [2.75, 3.05) is 18.0 Å². The second-order valence-corrected chi connectivity index (χ2v) is 8.79. The van der Waals surface area contributed by atoms with Crippen molar-refractivity contribution in [1.29, 1.82) is 0 Å². The van der Waals surface area contributed by atoms with Gasteiger partial charge in [0.25, 0.3) is 0 Å². The molecule has 0 aliphatic carbocycles. The van der Waals surface area contributed by atoms with Gasteiger partial charge in [0.1, 0.15) is 5.82 Å². The molecule has 0 radical (unpaired) electrons. The molecule has 2 heterocycles. The van der Waals surface area contributed by atoms with E-state index in [4.69, 9.17) is 4.98 Å². The molecule has 1 aliphatic heterocycles. The summed E-state index contributed by atoms with van der Waals surface area (Å²) in [6.45, 7) is 5.82. The van der Waals surface area contributed by atoms with Crippen LogP contribution in [-0.2, 0) is 11.2 Å². The topological polar surface area (TPSA) is 58.1 Å². The van der Waals surface area contributed by atoms with Crippen LogP contribution in [0.1, 0.15) is 48.3 Å². The summed E-state index contributed by atoms with van der Waals surface area (Å²) < 4.78 is 4.55. The van der Waals surface area contributed by atoms with Crippen LogP contribution in [0.4, 0.5) is 5.13 Å². The average molecular weight is 421 g/mol. The highest BCUT2D eigenvalue weighted by atomic mass is 32.1. The van der Waals surface area contributed by atoms with Crippen LogP contribution < -0.4 is 10.2 Å². The minimum Gasteiger partial charge on any atom is -0.349 e. The van der Waals surface area contributed by atoms with Gasteiger partial charge in [-0.1, -0.05) is 60.2 Å². The zero-order valence-corrected chi connectivity index (χ0v) is 18.4. The van der Waals surface area contributed by atoms with Gasteiger partial charge in [-0.2, -0.15) is 4.37 Å². The molecule has 0 spiro atoms. The van der Waals surface area contributed by atoms with E-state index >= 15 is 0 Å². The smallest absolute Gasteiger partial charge is 0.223 e. The lowest BCUT2D eigenvalue weighted by molar-refractivity contribution is -0.126. The monoisotopic (exact) mass is 420 g/mol. The van der Waals surface area contributed by atoms with E-state index in [1.807, 2.05) is 25.1 Å². The summed E-state index contributed by atoms with van der Waals surface area (Å²) in [5.41, 5.74) is 3.63. The Morgan fingerprint density at radius 1 is 1.13 bits per heavy atom. The third-order valence-electron chi connectivity index (χ3n) is 5.73. The number of nitrogens with zero attached hydrogens (tertiary/aromatic N) is 3. The number of hydrogen-bond acceptors (Lipinski definition) is 5. The van der Waals surface area contributed by atoms with Crippen LogP contribution in [0.15, 0.2) is 54.6 Å². The fraction of sp³-hybridized carbons (Fsp3) is 0.375. The van der Waals surface area contributed by atoms with Crippen LogP contribution in [0, 0.1) is 12.8 Å². The van der Waals surface area contributed by atoms with E-state index in [2.05, 4.69) is 57.9 Å². The zero-order valence-electron chi connectivity index (χ0n) is 17.5. The van der Waals surface area contributed by atoms with Crippen molar-refractivity contribution in [3.8, 4) is 0 Å². The molecular formula is C24H28N4OS. The third kappa shape index (κ3) is 5.05. The molecular weight excluding hydrogens is 392 g/mol. The lowest BCUT2D eigenvalue weighted by Gasteiger charge is -2.31. The predicted octanol–water partition coefficient (Wildman–Crippen LogP) is 4.53. The number of hydrogen-bond donors (Lipinski definition) is 1. The largest absolute Gasteiger partial charge is 0.349 e. The SMILES string of the molecule is Cc1ccc(Cc2nsc(N3CCC(C(=O)N[C@@H](C)c4ccccc4)CC3)n2)cc1. The number of nitrogens with one attached hydrogen (secondary N) is 1. The van der Waals surface area contributed by atoms with Crippen LogP contribution in [0.5, 0.6) is 0 Å². The first-order valence-corrected chi connectivity index (χ1v) is 11.3. The molecule has 156 valence electrons. The molecule has 1 saturated heterocycles. The Morgan fingerprint density at radius 3 is 2.53 bits per heavy atom.